The van der Waals surface area contributed by atoms with Gasteiger partial charge in [-0.15, -0.1) is 11.8 Å². The summed E-state index contributed by atoms with van der Waals surface area (Å²) < 4.78 is 34.6. The van der Waals surface area contributed by atoms with Crippen molar-refractivity contribution >= 4 is 68.4 Å². The fourth-order valence-electron chi connectivity index (χ4n) is 8.33. The van der Waals surface area contributed by atoms with Crippen LogP contribution >= 0.6 is 23.4 Å². The van der Waals surface area contributed by atoms with Crippen LogP contribution in [0.2, 0.25) is 5.02 Å². The SMILES string of the molecule is CN(C)CC[C@H](CSc1ccccc1)Nc1ccc(S(=O)(=O)NC(=O)c2ccc(N3CCN(Cc4cc(C(=O)N5CCN(C(=O)OC(C)(C)C)CC5)ccc4-c4ccc(Cl)cc4)CC3)cc2)cc1[N+](=O)[O-]. The van der Waals surface area contributed by atoms with E-state index in [1.54, 1.807) is 45.8 Å². The number of nitro benzene ring substituents is 1. The van der Waals surface area contributed by atoms with Crippen molar-refractivity contribution in [2.24, 2.45) is 0 Å². The average Bonchev–Trinajstić information content (AvgIpc) is 3.35. The van der Waals surface area contributed by atoms with Gasteiger partial charge in [-0.3, -0.25) is 24.6 Å². The molecular formula is C52H61ClN8O8S2. The van der Waals surface area contributed by atoms with Crippen LogP contribution in [-0.2, 0) is 21.3 Å². The molecule has 2 aliphatic rings. The van der Waals surface area contributed by atoms with Gasteiger partial charge in [-0.25, -0.2) is 17.9 Å². The minimum Gasteiger partial charge on any atom is -0.444 e. The molecule has 16 nitrogen and oxygen atoms in total. The number of carbonyl (C=O) groups excluding carboxylic acids is 3. The van der Waals surface area contributed by atoms with E-state index < -0.39 is 37.0 Å². The quantitative estimate of drug-likeness (QED) is 0.0515. The Bertz CT molecular complexity index is 2780. The molecule has 2 fully saturated rings. The molecule has 19 heteroatoms. The molecule has 1 atom stereocenters. The molecule has 7 rings (SSSR count). The molecule has 3 amide bonds. The Morgan fingerprint density at radius 2 is 1.46 bits per heavy atom. The monoisotopic (exact) mass is 1020 g/mol. The van der Waals surface area contributed by atoms with Crippen LogP contribution in [0.15, 0.2) is 125 Å². The van der Waals surface area contributed by atoms with Gasteiger partial charge in [-0.2, -0.15) is 0 Å². The number of anilines is 2. The third-order valence-corrected chi connectivity index (χ3v) is 14.9. The molecule has 0 radical (unpaired) electrons. The molecule has 0 bridgehead atoms. The van der Waals surface area contributed by atoms with Crippen molar-refractivity contribution in [3.8, 4) is 11.1 Å². The zero-order chi connectivity index (χ0) is 50.9. The summed E-state index contributed by atoms with van der Waals surface area (Å²) in [6.07, 6.45) is 0.300. The summed E-state index contributed by atoms with van der Waals surface area (Å²) in [5.41, 5.74) is 3.66. The van der Waals surface area contributed by atoms with E-state index in [1.165, 1.54) is 12.1 Å². The molecule has 2 aliphatic heterocycles. The Kier molecular flexibility index (Phi) is 17.3. The maximum Gasteiger partial charge on any atom is 0.410 e. The van der Waals surface area contributed by atoms with Crippen LogP contribution in [-0.4, -0.2) is 141 Å². The smallest absolute Gasteiger partial charge is 0.410 e. The maximum absolute atomic E-state index is 13.9. The van der Waals surface area contributed by atoms with Gasteiger partial charge in [-0.05, 0) is 137 Å². The number of sulfonamides is 1. The zero-order valence-corrected chi connectivity index (χ0v) is 43.1. The van der Waals surface area contributed by atoms with Gasteiger partial charge in [0.1, 0.15) is 11.3 Å². The van der Waals surface area contributed by atoms with Crippen molar-refractivity contribution in [2.75, 3.05) is 89.0 Å². The van der Waals surface area contributed by atoms with Gasteiger partial charge in [0.05, 0.1) is 9.82 Å². The first-order chi connectivity index (χ1) is 33.8. The normalized spacial score (nSPS) is 15.1. The number of nitrogens with one attached hydrogen (secondary N) is 2. The van der Waals surface area contributed by atoms with Crippen molar-refractivity contribution in [2.45, 2.75) is 55.2 Å². The Labute approximate surface area is 425 Å². The number of carbonyl (C=O) groups is 3. The molecule has 2 saturated heterocycles. The lowest BCUT2D eigenvalue weighted by Crippen LogP contribution is -2.51. The van der Waals surface area contributed by atoms with Crippen molar-refractivity contribution < 1.29 is 32.5 Å². The number of benzene rings is 5. The van der Waals surface area contributed by atoms with Crippen LogP contribution in [0.3, 0.4) is 0 Å². The first-order valence-electron chi connectivity index (χ1n) is 23.5. The second kappa shape index (κ2) is 23.4. The highest BCUT2D eigenvalue weighted by molar-refractivity contribution is 7.99. The average molecular weight is 1030 g/mol. The third kappa shape index (κ3) is 14.5. The van der Waals surface area contributed by atoms with E-state index in [0.29, 0.717) is 81.7 Å². The first-order valence-corrected chi connectivity index (χ1v) is 26.3. The Balaban J connectivity index is 0.965. The van der Waals surface area contributed by atoms with Gasteiger partial charge in [0, 0.05) is 103 Å². The minimum absolute atomic E-state index is 0.0996. The van der Waals surface area contributed by atoms with Crippen LogP contribution in [0.1, 0.15) is 53.5 Å². The van der Waals surface area contributed by atoms with E-state index in [4.69, 9.17) is 16.3 Å². The Morgan fingerprint density at radius 3 is 2.10 bits per heavy atom. The number of thioether (sulfide) groups is 1. The predicted octanol–water partition coefficient (Wildman–Crippen LogP) is 8.57. The summed E-state index contributed by atoms with van der Waals surface area (Å²) in [5, 5.41) is 16.2. The molecule has 0 saturated carbocycles. The number of ether oxygens (including phenoxy) is 1. The highest BCUT2D eigenvalue weighted by Crippen LogP contribution is 2.32. The highest BCUT2D eigenvalue weighted by Gasteiger charge is 2.30. The molecule has 2 N–H and O–H groups in total. The van der Waals surface area contributed by atoms with Gasteiger partial charge in [-0.1, -0.05) is 48.0 Å². The number of hydrogen-bond acceptors (Lipinski definition) is 13. The van der Waals surface area contributed by atoms with Crippen LogP contribution in [0.4, 0.5) is 21.9 Å². The molecule has 71 heavy (non-hydrogen) atoms. The second-order valence-corrected chi connectivity index (χ2v) is 22.1. The van der Waals surface area contributed by atoms with E-state index in [0.717, 1.165) is 39.9 Å². The number of halogens is 1. The van der Waals surface area contributed by atoms with Crippen molar-refractivity contribution in [1.82, 2.24) is 24.3 Å². The van der Waals surface area contributed by atoms with Crippen molar-refractivity contribution in [3.63, 3.8) is 0 Å². The van der Waals surface area contributed by atoms with Gasteiger partial charge in [0.15, 0.2) is 0 Å². The van der Waals surface area contributed by atoms with Gasteiger partial charge < -0.3 is 29.7 Å². The van der Waals surface area contributed by atoms with Crippen LogP contribution in [0.25, 0.3) is 11.1 Å². The molecule has 5 aromatic carbocycles. The lowest BCUT2D eigenvalue weighted by molar-refractivity contribution is -0.384. The largest absolute Gasteiger partial charge is 0.444 e. The molecule has 0 aliphatic carbocycles. The Hall–Kier alpha value is -6.18. The first kappa shape index (κ1) is 52.6. The topological polar surface area (TPSA) is 178 Å². The standard InChI is InChI=1S/C52H61ClN8O8S2/c1-52(2,3)69-51(64)60-31-29-59(30-32-60)50(63)39-15-21-46(37-11-16-41(53)17-12-37)40(33-39)35-57-25-27-58(28-26-57)43-18-13-38(14-19-43)49(62)55-71(67,68)45-20-22-47(48(34-45)61(65)66)54-42(23-24-56(4)5)36-70-44-9-7-6-8-10-44/h6-22,33-34,42,54H,23-32,35-36H2,1-5H3,(H,55,62)/t42-/m1/s1. The van der Waals surface area contributed by atoms with E-state index >= 15 is 0 Å². The fraction of sp³-hybridized carbons (Fsp3) is 0.365. The minimum atomic E-state index is -4.49. The summed E-state index contributed by atoms with van der Waals surface area (Å²) in [6.45, 7) is 11.1. The molecule has 0 unspecified atom stereocenters. The Morgan fingerprint density at radius 1 is 0.817 bits per heavy atom. The van der Waals surface area contributed by atoms with E-state index in [-0.39, 0.29) is 29.3 Å². The lowest BCUT2D eigenvalue weighted by Gasteiger charge is -2.37. The number of hydrogen-bond donors (Lipinski definition) is 2. The summed E-state index contributed by atoms with van der Waals surface area (Å²) in [6, 6.07) is 33.3. The lowest BCUT2D eigenvalue weighted by atomic mass is 9.96. The summed E-state index contributed by atoms with van der Waals surface area (Å²) in [7, 11) is -0.588. The molecule has 5 aromatic rings. The highest BCUT2D eigenvalue weighted by atomic mass is 35.5. The van der Waals surface area contributed by atoms with Gasteiger partial charge >= 0.3 is 6.09 Å². The zero-order valence-electron chi connectivity index (χ0n) is 40.7. The summed E-state index contributed by atoms with van der Waals surface area (Å²) >= 11 is 7.87. The molecule has 0 spiro atoms. The van der Waals surface area contributed by atoms with E-state index in [1.807, 2.05) is 113 Å². The van der Waals surface area contributed by atoms with Crippen LogP contribution in [0, 0.1) is 10.1 Å². The number of rotatable bonds is 17. The molecule has 2 heterocycles. The summed E-state index contributed by atoms with van der Waals surface area (Å²) in [5.74, 6) is -0.348. The molecule has 0 aromatic heterocycles. The van der Waals surface area contributed by atoms with Crippen LogP contribution < -0.4 is 14.9 Å². The second-order valence-electron chi connectivity index (χ2n) is 18.9. The number of nitro groups is 1. The third-order valence-electron chi connectivity index (χ3n) is 12.2. The van der Waals surface area contributed by atoms with E-state index in [2.05, 4.69) is 19.8 Å². The summed E-state index contributed by atoms with van der Waals surface area (Å²) in [4.78, 5) is 62.1. The number of nitrogens with zero attached hydrogens (tertiary/aromatic N) is 6. The van der Waals surface area contributed by atoms with Crippen LogP contribution in [0.5, 0.6) is 0 Å². The number of piperazine rings is 2. The van der Waals surface area contributed by atoms with Gasteiger partial charge in [0.25, 0.3) is 27.5 Å². The van der Waals surface area contributed by atoms with Crippen molar-refractivity contribution in [3.05, 3.63) is 147 Å². The number of amides is 3. The van der Waals surface area contributed by atoms with Crippen molar-refractivity contribution in [1.29, 1.82) is 0 Å². The fourth-order valence-corrected chi connectivity index (χ4v) is 10.4. The van der Waals surface area contributed by atoms with E-state index in [9.17, 15) is 32.9 Å². The molecular weight excluding hydrogens is 964 g/mol. The van der Waals surface area contributed by atoms with Gasteiger partial charge in [0.2, 0.25) is 0 Å². The predicted molar refractivity (Wildman–Crippen MR) is 280 cm³/mol. The maximum atomic E-state index is 13.9. The molecule has 376 valence electrons.